The molecule has 7 heteroatoms. The van der Waals surface area contributed by atoms with Gasteiger partial charge in [-0.1, -0.05) is 17.4 Å². The number of imidazole rings is 1. The van der Waals surface area contributed by atoms with Crippen LogP contribution in [0.1, 0.15) is 22.8 Å². The fourth-order valence-corrected chi connectivity index (χ4v) is 3.91. The molecular formula is C19H16FN3O2S. The highest BCUT2D eigenvalue weighted by molar-refractivity contribution is 7.23. The summed E-state index contributed by atoms with van der Waals surface area (Å²) in [6, 6.07) is 10.3. The molecule has 0 saturated carbocycles. The van der Waals surface area contributed by atoms with E-state index in [9.17, 15) is 9.18 Å². The van der Waals surface area contributed by atoms with Gasteiger partial charge in [0.25, 0.3) is 0 Å². The number of ether oxygens (including phenoxy) is 1. The van der Waals surface area contributed by atoms with Crippen molar-refractivity contribution in [2.45, 2.75) is 13.5 Å². The van der Waals surface area contributed by atoms with Gasteiger partial charge in [0.05, 0.1) is 28.1 Å². The SMILES string of the molecule is CCOC(=O)c1ccc2c(c1)sc1nc(-c3ccc(CN)cc3F)cn12. The van der Waals surface area contributed by atoms with Gasteiger partial charge in [0.1, 0.15) is 5.82 Å². The number of aromatic nitrogens is 2. The maximum atomic E-state index is 14.3. The van der Waals surface area contributed by atoms with Crippen LogP contribution < -0.4 is 5.73 Å². The molecule has 0 aliphatic carbocycles. The van der Waals surface area contributed by atoms with Gasteiger partial charge < -0.3 is 10.5 Å². The normalized spacial score (nSPS) is 11.3. The summed E-state index contributed by atoms with van der Waals surface area (Å²) in [7, 11) is 0. The highest BCUT2D eigenvalue weighted by Crippen LogP contribution is 2.31. The summed E-state index contributed by atoms with van der Waals surface area (Å²) in [6.45, 7) is 2.40. The van der Waals surface area contributed by atoms with E-state index in [2.05, 4.69) is 4.98 Å². The summed E-state index contributed by atoms with van der Waals surface area (Å²) in [5, 5.41) is 0. The fraction of sp³-hybridized carbons (Fsp3) is 0.158. The minimum Gasteiger partial charge on any atom is -0.462 e. The van der Waals surface area contributed by atoms with Gasteiger partial charge in [0.15, 0.2) is 4.96 Å². The lowest BCUT2D eigenvalue weighted by Gasteiger charge is -2.02. The number of nitrogens with two attached hydrogens (primary N) is 1. The van der Waals surface area contributed by atoms with Gasteiger partial charge in [-0.2, -0.15) is 0 Å². The second-order valence-electron chi connectivity index (χ2n) is 5.80. The molecule has 132 valence electrons. The Balaban J connectivity index is 1.78. The molecule has 2 aromatic carbocycles. The van der Waals surface area contributed by atoms with Crippen molar-refractivity contribution in [3.05, 3.63) is 59.5 Å². The zero-order valence-electron chi connectivity index (χ0n) is 14.0. The summed E-state index contributed by atoms with van der Waals surface area (Å²) >= 11 is 1.44. The fourth-order valence-electron chi connectivity index (χ4n) is 2.87. The Morgan fingerprint density at radius 2 is 2.15 bits per heavy atom. The van der Waals surface area contributed by atoms with E-state index in [-0.39, 0.29) is 11.8 Å². The van der Waals surface area contributed by atoms with Gasteiger partial charge in [-0.05, 0) is 42.8 Å². The molecule has 4 rings (SSSR count). The first kappa shape index (κ1) is 16.7. The molecule has 0 aliphatic rings. The molecule has 4 aromatic rings. The number of esters is 1. The van der Waals surface area contributed by atoms with E-state index in [0.29, 0.717) is 30.0 Å². The van der Waals surface area contributed by atoms with Crippen molar-refractivity contribution in [3.63, 3.8) is 0 Å². The Morgan fingerprint density at radius 1 is 1.31 bits per heavy atom. The molecule has 2 aromatic heterocycles. The first-order chi connectivity index (χ1) is 12.6. The van der Waals surface area contributed by atoms with Crippen molar-refractivity contribution in [2.24, 2.45) is 5.73 Å². The largest absolute Gasteiger partial charge is 0.462 e. The van der Waals surface area contributed by atoms with Gasteiger partial charge in [-0.15, -0.1) is 0 Å². The second kappa shape index (κ2) is 6.51. The number of hydrogen-bond acceptors (Lipinski definition) is 5. The number of nitrogens with zero attached hydrogens (tertiary/aromatic N) is 2. The van der Waals surface area contributed by atoms with Crippen molar-refractivity contribution in [1.82, 2.24) is 9.38 Å². The second-order valence-corrected chi connectivity index (χ2v) is 6.81. The zero-order valence-corrected chi connectivity index (χ0v) is 14.8. The third-order valence-corrected chi connectivity index (χ3v) is 5.17. The van der Waals surface area contributed by atoms with E-state index in [0.717, 1.165) is 20.7 Å². The van der Waals surface area contributed by atoms with E-state index in [1.807, 2.05) is 10.5 Å². The van der Waals surface area contributed by atoms with Crippen molar-refractivity contribution in [2.75, 3.05) is 6.61 Å². The van der Waals surface area contributed by atoms with E-state index in [1.165, 1.54) is 17.4 Å². The average molecular weight is 369 g/mol. The van der Waals surface area contributed by atoms with Crippen LogP contribution >= 0.6 is 11.3 Å². The van der Waals surface area contributed by atoms with E-state index in [1.54, 1.807) is 37.4 Å². The molecule has 5 nitrogen and oxygen atoms in total. The molecule has 0 spiro atoms. The molecule has 0 saturated heterocycles. The van der Waals surface area contributed by atoms with Crippen LogP contribution in [-0.4, -0.2) is 22.0 Å². The number of thiazole rings is 1. The van der Waals surface area contributed by atoms with Crippen LogP contribution in [0, 0.1) is 5.82 Å². The number of fused-ring (bicyclic) bond motifs is 3. The molecule has 0 unspecified atom stereocenters. The van der Waals surface area contributed by atoms with E-state index >= 15 is 0 Å². The predicted molar refractivity (Wildman–Crippen MR) is 99.8 cm³/mol. The highest BCUT2D eigenvalue weighted by Gasteiger charge is 2.15. The molecule has 0 amide bonds. The van der Waals surface area contributed by atoms with Gasteiger partial charge in [-0.3, -0.25) is 4.40 Å². The molecule has 0 fully saturated rings. The van der Waals surface area contributed by atoms with Crippen molar-refractivity contribution < 1.29 is 13.9 Å². The van der Waals surface area contributed by atoms with Crippen LogP contribution in [0.2, 0.25) is 0 Å². The molecule has 0 aliphatic heterocycles. The van der Waals surface area contributed by atoms with Crippen LogP contribution in [0.4, 0.5) is 4.39 Å². The highest BCUT2D eigenvalue weighted by atomic mass is 32.1. The molecule has 2 N–H and O–H groups in total. The number of carbonyl (C=O) groups excluding carboxylic acids is 1. The minimum absolute atomic E-state index is 0.295. The lowest BCUT2D eigenvalue weighted by atomic mass is 10.1. The Hall–Kier alpha value is -2.77. The minimum atomic E-state index is -0.344. The molecule has 26 heavy (non-hydrogen) atoms. The quantitative estimate of drug-likeness (QED) is 0.552. The van der Waals surface area contributed by atoms with Gasteiger partial charge >= 0.3 is 5.97 Å². The number of halogens is 1. The van der Waals surface area contributed by atoms with E-state index < -0.39 is 0 Å². The topological polar surface area (TPSA) is 69.6 Å². The Bertz CT molecular complexity index is 1130. The molecule has 0 radical (unpaired) electrons. The standard InChI is InChI=1S/C19H16FN3O2S/c1-2-25-18(24)12-4-6-16-17(8-12)26-19-22-15(10-23(16)19)13-5-3-11(9-21)7-14(13)20/h3-8,10H,2,9,21H2,1H3. The monoisotopic (exact) mass is 369 g/mol. The van der Waals surface area contributed by atoms with Crippen molar-refractivity contribution >= 4 is 32.5 Å². The molecule has 0 atom stereocenters. The van der Waals surface area contributed by atoms with Crippen LogP contribution in [0.5, 0.6) is 0 Å². The van der Waals surface area contributed by atoms with Gasteiger partial charge in [-0.25, -0.2) is 14.2 Å². The van der Waals surface area contributed by atoms with Gasteiger partial charge in [0.2, 0.25) is 0 Å². The summed E-state index contributed by atoms with van der Waals surface area (Å²) in [6.07, 6.45) is 1.80. The van der Waals surface area contributed by atoms with E-state index in [4.69, 9.17) is 10.5 Å². The maximum Gasteiger partial charge on any atom is 0.338 e. The Morgan fingerprint density at radius 3 is 2.88 bits per heavy atom. The Labute approximate surface area is 152 Å². The first-order valence-electron chi connectivity index (χ1n) is 8.18. The van der Waals surface area contributed by atoms with Gasteiger partial charge in [0, 0.05) is 18.3 Å². The van der Waals surface area contributed by atoms with Crippen LogP contribution in [0.3, 0.4) is 0 Å². The smallest absolute Gasteiger partial charge is 0.338 e. The van der Waals surface area contributed by atoms with Crippen molar-refractivity contribution in [1.29, 1.82) is 0 Å². The number of rotatable bonds is 4. The summed E-state index contributed by atoms with van der Waals surface area (Å²) in [5.74, 6) is -0.684. The zero-order chi connectivity index (χ0) is 18.3. The van der Waals surface area contributed by atoms with Crippen LogP contribution in [0.25, 0.3) is 26.4 Å². The first-order valence-corrected chi connectivity index (χ1v) is 9.00. The number of benzene rings is 2. The summed E-state index contributed by atoms with van der Waals surface area (Å²) < 4.78 is 22.2. The van der Waals surface area contributed by atoms with Crippen LogP contribution in [0.15, 0.2) is 42.6 Å². The lowest BCUT2D eigenvalue weighted by Crippen LogP contribution is -2.03. The maximum absolute atomic E-state index is 14.3. The number of carbonyl (C=O) groups is 1. The average Bonchev–Trinajstić information content (AvgIpc) is 3.18. The molecule has 2 heterocycles. The number of hydrogen-bond donors (Lipinski definition) is 1. The third kappa shape index (κ3) is 2.75. The van der Waals surface area contributed by atoms with Crippen molar-refractivity contribution in [3.8, 4) is 11.3 Å². The predicted octanol–water partition coefficient (Wildman–Crippen LogP) is 3.99. The molecular weight excluding hydrogens is 353 g/mol. The summed E-state index contributed by atoms with van der Waals surface area (Å²) in [4.78, 5) is 17.2. The summed E-state index contributed by atoms with van der Waals surface area (Å²) in [5.41, 5.74) is 8.71. The lowest BCUT2D eigenvalue weighted by molar-refractivity contribution is 0.0526. The molecule has 0 bridgehead atoms. The third-order valence-electron chi connectivity index (χ3n) is 4.15. The Kier molecular flexibility index (Phi) is 4.18. The van der Waals surface area contributed by atoms with Crippen LogP contribution in [-0.2, 0) is 11.3 Å².